The van der Waals surface area contributed by atoms with E-state index >= 15 is 0 Å². The van der Waals surface area contributed by atoms with Crippen LogP contribution < -0.4 is 4.90 Å². The third-order valence-corrected chi connectivity index (χ3v) is 6.82. The zero-order valence-electron chi connectivity index (χ0n) is 17.6. The van der Waals surface area contributed by atoms with Gasteiger partial charge in [-0.1, -0.05) is 11.6 Å². The summed E-state index contributed by atoms with van der Waals surface area (Å²) in [6.07, 6.45) is 5.99. The summed E-state index contributed by atoms with van der Waals surface area (Å²) >= 11 is 6.17. The van der Waals surface area contributed by atoms with Gasteiger partial charge >= 0.3 is 5.97 Å². The number of H-pyrrole nitrogens is 1. The second-order valence-electron chi connectivity index (χ2n) is 8.48. The Morgan fingerprint density at radius 3 is 2.72 bits per heavy atom. The lowest BCUT2D eigenvalue weighted by Gasteiger charge is -2.38. The monoisotopic (exact) mass is 449 g/mol. The number of hydrogen-bond donors (Lipinski definition) is 2. The predicted octanol–water partition coefficient (Wildman–Crippen LogP) is 3.91. The second-order valence-corrected chi connectivity index (χ2v) is 8.92. The van der Waals surface area contributed by atoms with Gasteiger partial charge in [0.1, 0.15) is 17.9 Å². The highest BCUT2D eigenvalue weighted by molar-refractivity contribution is 6.31. The average Bonchev–Trinajstić information content (AvgIpc) is 3.21. The number of benzene rings is 1. The van der Waals surface area contributed by atoms with Gasteiger partial charge in [0.25, 0.3) is 0 Å². The number of piperazine rings is 1. The van der Waals surface area contributed by atoms with Gasteiger partial charge < -0.3 is 15.0 Å². The highest BCUT2D eigenvalue weighted by atomic mass is 35.5. The van der Waals surface area contributed by atoms with E-state index in [-0.39, 0.29) is 0 Å². The summed E-state index contributed by atoms with van der Waals surface area (Å²) in [7, 11) is 0. The molecule has 8 heteroatoms. The number of aliphatic carboxylic acids is 1. The van der Waals surface area contributed by atoms with Gasteiger partial charge in [0, 0.05) is 59.6 Å². The number of hydrogen-bond acceptors (Lipinski definition) is 5. The summed E-state index contributed by atoms with van der Waals surface area (Å²) in [5.74, 6) is -0.150. The number of fused-ring (bicyclic) bond motifs is 2. The molecule has 3 heterocycles. The fraction of sp³-hybridized carbons (Fsp3) is 0.375. The summed E-state index contributed by atoms with van der Waals surface area (Å²) in [4.78, 5) is 24.4. The first-order valence-corrected chi connectivity index (χ1v) is 11.3. The van der Waals surface area contributed by atoms with Gasteiger partial charge in [-0.25, -0.2) is 4.98 Å². The first kappa shape index (κ1) is 20.8. The highest BCUT2D eigenvalue weighted by Gasteiger charge is 2.33. The number of anilines is 1. The Morgan fingerprint density at radius 2 is 1.97 bits per heavy atom. The summed E-state index contributed by atoms with van der Waals surface area (Å²) < 4.78 is 0. The Hall–Kier alpha value is -3.08. The molecule has 0 radical (unpaired) electrons. The third-order valence-electron chi connectivity index (χ3n) is 6.58. The van der Waals surface area contributed by atoms with E-state index in [1.54, 1.807) is 12.3 Å². The van der Waals surface area contributed by atoms with Crippen LogP contribution in [0.2, 0.25) is 5.02 Å². The van der Waals surface area contributed by atoms with Crippen LogP contribution in [-0.2, 0) is 17.6 Å². The maximum absolute atomic E-state index is 12.3. The lowest BCUT2D eigenvalue weighted by molar-refractivity contribution is -0.143. The van der Waals surface area contributed by atoms with E-state index in [1.807, 2.05) is 23.1 Å². The number of pyridine rings is 1. The minimum absolute atomic E-state index is 0.563. The molecule has 2 aromatic heterocycles. The first-order valence-electron chi connectivity index (χ1n) is 11.0. The number of carboxylic acids is 1. The number of nitriles is 1. The number of aromatic nitrogens is 2. The summed E-state index contributed by atoms with van der Waals surface area (Å²) in [6, 6.07) is 9.01. The third kappa shape index (κ3) is 3.70. The number of nitrogens with one attached hydrogen (secondary N) is 1. The van der Waals surface area contributed by atoms with Crippen LogP contribution in [0, 0.1) is 11.3 Å². The van der Waals surface area contributed by atoms with Crippen molar-refractivity contribution in [1.82, 2.24) is 14.9 Å². The number of rotatable bonds is 4. The summed E-state index contributed by atoms with van der Waals surface area (Å²) in [5.41, 5.74) is 4.49. The van der Waals surface area contributed by atoms with Crippen LogP contribution in [0.4, 0.5) is 5.82 Å². The molecule has 2 aliphatic rings. The molecule has 5 rings (SSSR count). The average molecular weight is 450 g/mol. The van der Waals surface area contributed by atoms with Gasteiger partial charge in [-0.15, -0.1) is 0 Å². The number of aromatic amines is 1. The van der Waals surface area contributed by atoms with Gasteiger partial charge in [-0.05, 0) is 55.5 Å². The molecular weight excluding hydrogens is 426 g/mol. The highest BCUT2D eigenvalue weighted by Crippen LogP contribution is 2.32. The number of nitrogens with zero attached hydrogens (tertiary/aromatic N) is 4. The van der Waals surface area contributed by atoms with E-state index in [4.69, 9.17) is 16.6 Å². The minimum atomic E-state index is -0.885. The maximum Gasteiger partial charge on any atom is 0.325 e. The molecule has 3 aromatic rings. The molecule has 1 aliphatic heterocycles. The largest absolute Gasteiger partial charge is 0.480 e. The molecule has 1 unspecified atom stereocenters. The number of carbonyl (C=O) groups is 1. The lowest BCUT2D eigenvalue weighted by Crippen LogP contribution is -2.49. The molecule has 0 saturated carbocycles. The van der Waals surface area contributed by atoms with E-state index in [9.17, 15) is 15.2 Å². The van der Waals surface area contributed by atoms with Gasteiger partial charge in [-0.2, -0.15) is 5.26 Å². The Labute approximate surface area is 191 Å². The SMILES string of the molecule is N#Cc1cc2c(nc1N1CCN(C(C(=O)O)c3c[nH]c4ccc(Cl)cc34)CC1)CCCC2. The molecule has 0 bridgehead atoms. The fourth-order valence-electron chi connectivity index (χ4n) is 4.96. The summed E-state index contributed by atoms with van der Waals surface area (Å²) in [5, 5.41) is 21.2. The predicted molar refractivity (Wildman–Crippen MR) is 123 cm³/mol. The topological polar surface area (TPSA) is 96.2 Å². The van der Waals surface area contributed by atoms with E-state index in [1.165, 1.54) is 5.56 Å². The van der Waals surface area contributed by atoms with Gasteiger partial charge in [-0.3, -0.25) is 9.69 Å². The van der Waals surface area contributed by atoms with E-state index < -0.39 is 12.0 Å². The second kappa shape index (κ2) is 8.45. The van der Waals surface area contributed by atoms with Crippen LogP contribution >= 0.6 is 11.6 Å². The zero-order chi connectivity index (χ0) is 22.2. The Kier molecular flexibility index (Phi) is 5.50. The zero-order valence-corrected chi connectivity index (χ0v) is 18.4. The van der Waals surface area contributed by atoms with Crippen LogP contribution in [-0.4, -0.2) is 52.1 Å². The van der Waals surface area contributed by atoms with Gasteiger partial charge in [0.15, 0.2) is 0 Å². The lowest BCUT2D eigenvalue weighted by atomic mass is 9.94. The van der Waals surface area contributed by atoms with E-state index in [0.717, 1.165) is 48.1 Å². The Balaban J connectivity index is 1.39. The van der Waals surface area contributed by atoms with Gasteiger partial charge in [0.2, 0.25) is 0 Å². The molecule has 2 N–H and O–H groups in total. The molecule has 32 heavy (non-hydrogen) atoms. The van der Waals surface area contributed by atoms with Crippen molar-refractivity contribution in [2.45, 2.75) is 31.7 Å². The molecule has 1 saturated heterocycles. The van der Waals surface area contributed by atoms with Crippen molar-refractivity contribution in [2.24, 2.45) is 0 Å². The maximum atomic E-state index is 12.3. The number of carboxylic acid groups (broad SMARTS) is 1. The molecule has 0 amide bonds. The Bertz CT molecular complexity index is 1220. The quantitative estimate of drug-likeness (QED) is 0.626. The smallest absolute Gasteiger partial charge is 0.325 e. The van der Waals surface area contributed by atoms with Crippen LogP contribution in [0.5, 0.6) is 0 Å². The minimum Gasteiger partial charge on any atom is -0.480 e. The van der Waals surface area contributed by atoms with Crippen molar-refractivity contribution in [3.05, 3.63) is 57.9 Å². The Morgan fingerprint density at radius 1 is 1.19 bits per heavy atom. The number of aryl methyl sites for hydroxylation is 2. The molecule has 1 fully saturated rings. The standard InChI is InChI=1S/C24H24ClN5O2/c25-17-5-6-21-18(12-17)19(14-27-21)22(24(31)32)29-7-9-30(10-8-29)23-16(13-26)11-15-3-1-2-4-20(15)28-23/h5-6,11-12,14,22,27H,1-4,7-10H2,(H,31,32). The first-order chi connectivity index (χ1) is 15.5. The van der Waals surface area contributed by atoms with Crippen molar-refractivity contribution in [1.29, 1.82) is 5.26 Å². The van der Waals surface area contributed by atoms with Crippen molar-refractivity contribution in [2.75, 3.05) is 31.1 Å². The molecule has 1 aromatic carbocycles. The van der Waals surface area contributed by atoms with Crippen molar-refractivity contribution < 1.29 is 9.90 Å². The number of halogens is 1. The summed E-state index contributed by atoms with van der Waals surface area (Å²) in [6.45, 7) is 2.36. The van der Waals surface area contributed by atoms with Crippen LogP contribution in [0.25, 0.3) is 10.9 Å². The van der Waals surface area contributed by atoms with E-state index in [2.05, 4.69) is 16.0 Å². The van der Waals surface area contributed by atoms with Crippen molar-refractivity contribution in [3.8, 4) is 6.07 Å². The molecule has 1 atom stereocenters. The van der Waals surface area contributed by atoms with Gasteiger partial charge in [0.05, 0.1) is 5.56 Å². The fourth-order valence-corrected chi connectivity index (χ4v) is 5.14. The molecule has 0 spiro atoms. The molecule has 7 nitrogen and oxygen atoms in total. The molecular formula is C24H24ClN5O2. The van der Waals surface area contributed by atoms with Crippen LogP contribution in [0.1, 0.15) is 41.3 Å². The van der Waals surface area contributed by atoms with Crippen LogP contribution in [0.3, 0.4) is 0 Å². The van der Waals surface area contributed by atoms with Crippen molar-refractivity contribution >= 4 is 34.3 Å². The molecule has 164 valence electrons. The normalized spacial score (nSPS) is 17.7. The van der Waals surface area contributed by atoms with Crippen LogP contribution in [0.15, 0.2) is 30.5 Å². The van der Waals surface area contributed by atoms with E-state index in [0.29, 0.717) is 42.3 Å². The van der Waals surface area contributed by atoms with Crippen molar-refractivity contribution in [3.63, 3.8) is 0 Å². The molecule has 1 aliphatic carbocycles.